The molecular weight excluding hydrogens is 490 g/mol. The van der Waals surface area contributed by atoms with Gasteiger partial charge in [0, 0.05) is 29.9 Å². The summed E-state index contributed by atoms with van der Waals surface area (Å²) < 4.78 is 6.96. The molecule has 4 unspecified atom stereocenters. The number of carbonyl (C=O) groups is 3. The number of likely N-dealkylation sites (N-methyl/N-ethyl adjacent to an activating group) is 1. The fourth-order valence-electron chi connectivity index (χ4n) is 3.34. The van der Waals surface area contributed by atoms with Gasteiger partial charge in [0.1, 0.15) is 32.4 Å². The number of carboxylic acid groups (broad SMARTS) is 1. The number of hydrogen-bond donors (Lipinski definition) is 10. The number of aliphatic hydroxyl groups is 5. The van der Waals surface area contributed by atoms with Gasteiger partial charge in [-0.1, -0.05) is 18.2 Å². The maximum absolute atomic E-state index is 11.9. The van der Waals surface area contributed by atoms with Crippen LogP contribution in [0, 0.1) is 0 Å². The van der Waals surface area contributed by atoms with Crippen LogP contribution in [0.1, 0.15) is 18.4 Å². The van der Waals surface area contributed by atoms with E-state index in [1.165, 1.54) is 0 Å². The number of carbonyl (C=O) groups excluding carboxylic acids is 3. The van der Waals surface area contributed by atoms with Gasteiger partial charge >= 0.3 is 0 Å². The fraction of sp³-hybridized carbons (Fsp3) is 0.522. The lowest BCUT2D eigenvalue weighted by atomic mass is 10.0. The minimum atomic E-state index is -1.53. The molecule has 0 saturated carbocycles. The molecule has 0 aliphatic rings. The first-order chi connectivity index (χ1) is 18.0. The van der Waals surface area contributed by atoms with Crippen LogP contribution in [0.5, 0.6) is 0 Å². The smallest absolute Gasteiger partial charge is 0.234 e. The van der Waals surface area contributed by atoms with E-state index in [2.05, 4.69) is 10.3 Å². The third-order valence-corrected chi connectivity index (χ3v) is 5.52. The van der Waals surface area contributed by atoms with Crippen molar-refractivity contribution in [1.82, 2.24) is 10.3 Å². The number of aliphatic carboxylic acids is 1. The number of para-hydroxylation sites is 1. The van der Waals surface area contributed by atoms with E-state index in [1.807, 2.05) is 30.0 Å². The van der Waals surface area contributed by atoms with Gasteiger partial charge in [0.15, 0.2) is 0 Å². The molecule has 0 fully saturated rings. The Morgan fingerprint density at radius 2 is 1.81 bits per heavy atom. The minimum absolute atomic E-state index is 0.00246. The third-order valence-electron chi connectivity index (χ3n) is 5.52. The van der Waals surface area contributed by atoms with Crippen LogP contribution in [0.3, 0.4) is 0 Å². The molecule has 208 valence electrons. The molecule has 0 saturated heterocycles. The summed E-state index contributed by atoms with van der Waals surface area (Å²) in [5.74, 6) is -2.71. The van der Waals surface area contributed by atoms with Gasteiger partial charge in [0.2, 0.25) is 11.8 Å². The molecular formula is C23H37N5O9. The second-order valence-electron chi connectivity index (χ2n) is 8.44. The standard InChI is InChI=1S/C16H20N4O4.C7H17NO5/c17-11(15(18)22)5-6-14(21)20-13(16(23)24)7-9-8-19-12-4-2-1-3-10(9)12;1-8-2-4(10)6(12)7(13)5(11)3-9/h1-4,8,11,13,19H,5-7,17H2,(H2,18,22)(H,20,21)(H,23,24);4-13H,2-3H2,1H3/t11-,13+;/m1./s1/i/hD. The number of nitrogens with one attached hydrogen (secondary N) is 2. The molecule has 0 bridgehead atoms. The Morgan fingerprint density at radius 1 is 1.16 bits per heavy atom. The Kier molecular flexibility index (Phi) is 12.9. The van der Waals surface area contributed by atoms with Crippen molar-refractivity contribution in [1.29, 1.82) is 0 Å². The van der Waals surface area contributed by atoms with E-state index < -0.39 is 60.9 Å². The van der Waals surface area contributed by atoms with Crippen LogP contribution in [0.4, 0.5) is 0 Å². The number of nitrogens with two attached hydrogens (primary N) is 3. The molecule has 1 heterocycles. The number of quaternary nitrogens is 1. The SMILES string of the molecule is C[NH2+]CC(O)C(O)C(O)C(O)CO.[2H]N[C@H](CCC(=O)N[C@@H](Cc1c[nH]c2ccccc12)C(=O)[O-])C(N)=O. The van der Waals surface area contributed by atoms with Gasteiger partial charge in [-0.3, -0.25) is 9.59 Å². The maximum atomic E-state index is 11.9. The van der Waals surface area contributed by atoms with Gasteiger partial charge < -0.3 is 62.5 Å². The monoisotopic (exact) mass is 528 g/mol. The molecule has 6 atom stereocenters. The number of fused-ring (bicyclic) bond motifs is 1. The molecule has 14 nitrogen and oxygen atoms in total. The van der Waals surface area contributed by atoms with Crippen molar-refractivity contribution >= 4 is 28.7 Å². The predicted molar refractivity (Wildman–Crippen MR) is 129 cm³/mol. The van der Waals surface area contributed by atoms with Crippen LogP contribution in [0.2, 0.25) is 1.41 Å². The van der Waals surface area contributed by atoms with E-state index in [-0.39, 0.29) is 25.8 Å². The predicted octanol–water partition coefficient (Wildman–Crippen LogP) is -5.85. The van der Waals surface area contributed by atoms with Gasteiger partial charge in [-0.2, -0.15) is 0 Å². The Labute approximate surface area is 214 Å². The van der Waals surface area contributed by atoms with Gasteiger partial charge in [-0.05, 0) is 18.1 Å². The van der Waals surface area contributed by atoms with Gasteiger partial charge in [0.05, 0.1) is 31.7 Å². The van der Waals surface area contributed by atoms with E-state index in [0.29, 0.717) is 0 Å². The number of rotatable bonds is 15. The lowest BCUT2D eigenvalue weighted by molar-refractivity contribution is -0.635. The summed E-state index contributed by atoms with van der Waals surface area (Å²) >= 11 is 0. The first-order valence-electron chi connectivity index (χ1n) is 12.1. The van der Waals surface area contributed by atoms with Crippen LogP contribution >= 0.6 is 0 Å². The highest BCUT2D eigenvalue weighted by Gasteiger charge is 2.30. The number of hydrogen-bond acceptors (Lipinski definition) is 10. The Balaban J connectivity index is 0.000000471. The zero-order valence-corrected chi connectivity index (χ0v) is 20.4. The summed E-state index contributed by atoms with van der Waals surface area (Å²) in [4.78, 5) is 37.3. The highest BCUT2D eigenvalue weighted by Crippen LogP contribution is 2.19. The quantitative estimate of drug-likeness (QED) is 0.104. The van der Waals surface area contributed by atoms with Crippen LogP contribution in [-0.4, -0.2) is 105 Å². The lowest BCUT2D eigenvalue weighted by Gasteiger charge is -2.24. The van der Waals surface area contributed by atoms with Crippen molar-refractivity contribution in [3.05, 3.63) is 36.0 Å². The normalized spacial score (nSPS) is 16.3. The van der Waals surface area contributed by atoms with Crippen LogP contribution in [0.15, 0.2) is 30.5 Å². The fourth-order valence-corrected chi connectivity index (χ4v) is 3.34. The van der Waals surface area contributed by atoms with E-state index in [0.717, 1.165) is 16.5 Å². The maximum Gasteiger partial charge on any atom is 0.234 e. The second-order valence-corrected chi connectivity index (χ2v) is 8.44. The van der Waals surface area contributed by atoms with Crippen LogP contribution in [0.25, 0.3) is 10.9 Å². The molecule has 2 aromatic rings. The molecule has 0 radical (unpaired) electrons. The van der Waals surface area contributed by atoms with E-state index in [9.17, 15) is 29.7 Å². The molecule has 1 aromatic carbocycles. The first-order valence-corrected chi connectivity index (χ1v) is 11.6. The number of amides is 2. The molecule has 1 aromatic heterocycles. The lowest BCUT2D eigenvalue weighted by Crippen LogP contribution is -2.83. The highest BCUT2D eigenvalue weighted by molar-refractivity contribution is 5.86. The van der Waals surface area contributed by atoms with Crippen molar-refractivity contribution in [2.45, 2.75) is 55.8 Å². The Morgan fingerprint density at radius 3 is 2.38 bits per heavy atom. The van der Waals surface area contributed by atoms with Crippen molar-refractivity contribution in [3.8, 4) is 0 Å². The average molecular weight is 529 g/mol. The number of aromatic nitrogens is 1. The minimum Gasteiger partial charge on any atom is -0.548 e. The topological polar surface area (TPSA) is 272 Å². The first kappa shape index (κ1) is 30.1. The van der Waals surface area contributed by atoms with Crippen LogP contribution in [-0.2, 0) is 20.8 Å². The van der Waals surface area contributed by atoms with Gasteiger partial charge in [-0.25, -0.2) is 0 Å². The summed E-state index contributed by atoms with van der Waals surface area (Å²) in [5, 5.41) is 61.2. The number of aromatic amines is 1. The van der Waals surface area contributed by atoms with Crippen LogP contribution < -0.4 is 27.2 Å². The van der Waals surface area contributed by atoms with E-state index >= 15 is 0 Å². The van der Waals surface area contributed by atoms with E-state index in [4.69, 9.17) is 22.5 Å². The van der Waals surface area contributed by atoms with Crippen molar-refractivity contribution in [3.63, 3.8) is 0 Å². The number of benzene rings is 1. The van der Waals surface area contributed by atoms with E-state index in [1.54, 1.807) is 18.6 Å². The Bertz CT molecular complexity index is 1020. The second kappa shape index (κ2) is 15.9. The molecule has 0 spiro atoms. The molecule has 0 aliphatic heterocycles. The third kappa shape index (κ3) is 10.4. The van der Waals surface area contributed by atoms with Crippen molar-refractivity contribution in [2.75, 3.05) is 20.2 Å². The summed E-state index contributed by atoms with van der Waals surface area (Å²) in [6.07, 6.45) is -3.91. The summed E-state index contributed by atoms with van der Waals surface area (Å²) in [5.41, 5.74) is 8.63. The molecule has 13 N–H and O–H groups in total. The molecule has 2 amide bonds. The number of primary amides is 1. The van der Waals surface area contributed by atoms with Gasteiger partial charge in [0.25, 0.3) is 0 Å². The summed E-state index contributed by atoms with van der Waals surface area (Å²) in [7, 11) is 1.70. The number of H-pyrrole nitrogens is 1. The molecule has 37 heavy (non-hydrogen) atoms. The molecule has 0 aliphatic carbocycles. The molecule has 14 heteroatoms. The highest BCUT2D eigenvalue weighted by atomic mass is 16.4. The summed E-state index contributed by atoms with van der Waals surface area (Å²) in [6.45, 7) is -0.433. The molecule has 2 rings (SSSR count). The van der Waals surface area contributed by atoms with Crippen molar-refractivity contribution < 1.29 is 51.8 Å². The number of aliphatic hydroxyl groups excluding tert-OH is 5. The van der Waals surface area contributed by atoms with Crippen molar-refractivity contribution in [2.24, 2.45) is 11.5 Å². The van der Waals surface area contributed by atoms with Gasteiger partial charge in [-0.15, -0.1) is 0 Å². The largest absolute Gasteiger partial charge is 0.548 e. The Hall–Kier alpha value is -3.11. The summed E-state index contributed by atoms with van der Waals surface area (Å²) in [6, 6.07) is 5.24. The number of carboxylic acids is 1. The average Bonchev–Trinajstić information content (AvgIpc) is 3.30. The zero-order valence-electron chi connectivity index (χ0n) is 21.4. The zero-order chi connectivity index (χ0) is 28.8.